The second-order valence-electron chi connectivity index (χ2n) is 11.5. The van der Waals surface area contributed by atoms with Crippen LogP contribution in [-0.4, -0.2) is 56.5 Å². The summed E-state index contributed by atoms with van der Waals surface area (Å²) in [5.41, 5.74) is 6.43. The number of hydrogen-bond donors (Lipinski definition) is 1. The number of hydrogen-bond acceptors (Lipinski definition) is 7. The molecule has 1 aromatic heterocycles. The van der Waals surface area contributed by atoms with Gasteiger partial charge in [-0.2, -0.15) is 23.5 Å². The number of thioether (sulfide) groups is 2. The zero-order chi connectivity index (χ0) is 29.2. The van der Waals surface area contributed by atoms with Crippen LogP contribution in [0.1, 0.15) is 64.8 Å². The van der Waals surface area contributed by atoms with E-state index in [1.807, 2.05) is 49.5 Å². The summed E-state index contributed by atoms with van der Waals surface area (Å²) >= 11 is 3.76. The lowest BCUT2D eigenvalue weighted by molar-refractivity contribution is 0.0910. The number of fused-ring (bicyclic) bond motifs is 1. The first kappa shape index (κ1) is 30.4. The molecule has 216 valence electrons. The lowest BCUT2D eigenvalue weighted by Crippen LogP contribution is -2.42. The van der Waals surface area contributed by atoms with Crippen molar-refractivity contribution in [1.82, 2.24) is 9.13 Å². The number of aromatic hydroxyl groups is 1. The molecule has 40 heavy (non-hydrogen) atoms. The lowest BCUT2D eigenvalue weighted by Gasteiger charge is -2.27. The minimum Gasteiger partial charge on any atom is -0.494 e. The van der Waals surface area contributed by atoms with Crippen LogP contribution in [0.5, 0.6) is 5.88 Å². The van der Waals surface area contributed by atoms with Crippen molar-refractivity contribution < 1.29 is 9.84 Å². The predicted molar refractivity (Wildman–Crippen MR) is 169 cm³/mol. The highest BCUT2D eigenvalue weighted by atomic mass is 32.2. The zero-order valence-electron chi connectivity index (χ0n) is 24.4. The molecule has 0 saturated carbocycles. The van der Waals surface area contributed by atoms with Crippen LogP contribution in [0, 0.1) is 0 Å². The fraction of sp³-hybridized carbons (Fsp3) is 0.516. The third kappa shape index (κ3) is 6.03. The van der Waals surface area contributed by atoms with E-state index in [1.165, 1.54) is 14.7 Å². The second kappa shape index (κ2) is 12.5. The van der Waals surface area contributed by atoms with Crippen LogP contribution in [0.3, 0.4) is 0 Å². The summed E-state index contributed by atoms with van der Waals surface area (Å²) in [6.45, 7) is 16.8. The molecule has 2 aromatic rings. The van der Waals surface area contributed by atoms with Crippen molar-refractivity contribution in [2.45, 2.75) is 65.1 Å². The summed E-state index contributed by atoms with van der Waals surface area (Å²) < 4.78 is 8.81. The van der Waals surface area contributed by atoms with Gasteiger partial charge in [0.05, 0.1) is 18.4 Å². The maximum absolute atomic E-state index is 13.4. The summed E-state index contributed by atoms with van der Waals surface area (Å²) in [6.07, 6.45) is 1.72. The Bertz CT molecular complexity index is 1440. The molecule has 1 N–H and O–H groups in total. The Hall–Kier alpha value is -2.58. The Labute approximate surface area is 245 Å². The van der Waals surface area contributed by atoms with Crippen LogP contribution in [0.4, 0.5) is 5.69 Å². The number of para-hydroxylation sites is 1. The van der Waals surface area contributed by atoms with E-state index in [1.54, 1.807) is 19.9 Å². The zero-order valence-corrected chi connectivity index (χ0v) is 26.0. The molecular formula is C31H41N3O4S2. The van der Waals surface area contributed by atoms with Crippen molar-refractivity contribution in [3.63, 3.8) is 0 Å². The first-order valence-electron chi connectivity index (χ1n) is 13.8. The second-order valence-corrected chi connectivity index (χ2v) is 13.5. The largest absolute Gasteiger partial charge is 0.494 e. The van der Waals surface area contributed by atoms with Gasteiger partial charge in [0.2, 0.25) is 5.88 Å². The van der Waals surface area contributed by atoms with Gasteiger partial charge in [-0.05, 0) is 53.2 Å². The SMILES string of the molecule is C=C1CSCC(OCCN2C(=C=Cc3c(O)n(C(C)C)c(=O)n(C(C)C)c3=O)C(C)(C)c3ccccc32)CSC1. The topological polar surface area (TPSA) is 76.7 Å². The van der Waals surface area contributed by atoms with Crippen molar-refractivity contribution in [3.8, 4) is 5.88 Å². The number of allylic oxidation sites excluding steroid dienone is 1. The van der Waals surface area contributed by atoms with Crippen molar-refractivity contribution in [2.75, 3.05) is 41.1 Å². The maximum Gasteiger partial charge on any atom is 0.334 e. The summed E-state index contributed by atoms with van der Waals surface area (Å²) in [6, 6.07) is 7.60. The molecule has 1 aromatic carbocycles. The van der Waals surface area contributed by atoms with E-state index in [9.17, 15) is 14.7 Å². The molecule has 0 aliphatic carbocycles. The van der Waals surface area contributed by atoms with Crippen LogP contribution in [0.2, 0.25) is 0 Å². The molecule has 3 heterocycles. The number of aromatic nitrogens is 2. The van der Waals surface area contributed by atoms with Crippen LogP contribution in [-0.2, 0) is 10.2 Å². The first-order valence-corrected chi connectivity index (χ1v) is 16.1. The smallest absolute Gasteiger partial charge is 0.334 e. The van der Waals surface area contributed by atoms with Crippen LogP contribution < -0.4 is 16.1 Å². The molecule has 0 radical (unpaired) electrons. The van der Waals surface area contributed by atoms with Crippen molar-refractivity contribution in [3.05, 3.63) is 79.8 Å². The Morgan fingerprint density at radius 1 is 1.10 bits per heavy atom. The van der Waals surface area contributed by atoms with Gasteiger partial charge in [0, 0.05) is 58.8 Å². The standard InChI is InChI=1S/C31H41N3O4S2/c1-20(2)33-28(35)24(29(36)34(21(3)4)30(33)37)12-13-27-31(6,7)25-10-8-9-11-26(25)32(27)14-15-38-23-18-39-16-22(5)17-40-19-23/h8-12,20-21,23,35H,5,14-19H2,1-4,6-7H3. The summed E-state index contributed by atoms with van der Waals surface area (Å²) in [4.78, 5) is 28.6. The van der Waals surface area contributed by atoms with Crippen LogP contribution in [0.15, 0.2) is 57.4 Å². The minimum atomic E-state index is -0.521. The number of benzene rings is 1. The minimum absolute atomic E-state index is 0.0580. The Balaban J connectivity index is 1.72. The highest BCUT2D eigenvalue weighted by molar-refractivity contribution is 8.01. The van der Waals surface area contributed by atoms with Gasteiger partial charge in [0.25, 0.3) is 5.56 Å². The van der Waals surface area contributed by atoms with Gasteiger partial charge in [-0.1, -0.05) is 36.1 Å². The third-order valence-corrected chi connectivity index (χ3v) is 9.77. The molecular weight excluding hydrogens is 542 g/mol. The quantitative estimate of drug-likeness (QED) is 0.336. The molecule has 1 fully saturated rings. The van der Waals surface area contributed by atoms with Crippen molar-refractivity contribution in [1.29, 1.82) is 0 Å². The summed E-state index contributed by atoms with van der Waals surface area (Å²) in [5.74, 6) is 3.52. The van der Waals surface area contributed by atoms with E-state index in [0.29, 0.717) is 13.2 Å². The molecule has 1 saturated heterocycles. The lowest BCUT2D eigenvalue weighted by atomic mass is 9.84. The average molecular weight is 584 g/mol. The van der Waals surface area contributed by atoms with Gasteiger partial charge < -0.3 is 14.7 Å². The Morgan fingerprint density at radius 3 is 2.35 bits per heavy atom. The van der Waals surface area contributed by atoms with Gasteiger partial charge >= 0.3 is 5.69 Å². The molecule has 7 nitrogen and oxygen atoms in total. The van der Waals surface area contributed by atoms with Crippen LogP contribution >= 0.6 is 23.5 Å². The fourth-order valence-corrected chi connectivity index (χ4v) is 7.57. The van der Waals surface area contributed by atoms with Gasteiger partial charge in [-0.25, -0.2) is 4.79 Å². The Morgan fingerprint density at radius 2 is 1.73 bits per heavy atom. The summed E-state index contributed by atoms with van der Waals surface area (Å²) in [5, 5.41) is 11.0. The molecule has 0 spiro atoms. The molecule has 9 heteroatoms. The van der Waals surface area contributed by atoms with Crippen molar-refractivity contribution in [2.24, 2.45) is 0 Å². The highest BCUT2D eigenvalue weighted by Crippen LogP contribution is 2.47. The monoisotopic (exact) mass is 583 g/mol. The molecule has 0 atom stereocenters. The molecule has 0 amide bonds. The third-order valence-electron chi connectivity index (χ3n) is 7.33. The number of nitrogens with zero attached hydrogens (tertiary/aromatic N) is 3. The number of rotatable bonds is 7. The normalized spacial score (nSPS) is 17.6. The molecule has 2 aliphatic heterocycles. The van der Waals surface area contributed by atoms with Gasteiger partial charge in [-0.15, -0.1) is 0 Å². The van der Waals surface area contributed by atoms with E-state index >= 15 is 0 Å². The van der Waals surface area contributed by atoms with E-state index in [4.69, 9.17) is 4.74 Å². The summed E-state index contributed by atoms with van der Waals surface area (Å²) in [7, 11) is 0. The first-order chi connectivity index (χ1) is 18.9. The van der Waals surface area contributed by atoms with Crippen molar-refractivity contribution >= 4 is 35.3 Å². The molecule has 2 aliphatic rings. The van der Waals surface area contributed by atoms with Gasteiger partial charge in [0.15, 0.2) is 0 Å². The molecule has 0 unspecified atom stereocenters. The molecule has 0 bridgehead atoms. The molecule has 4 rings (SSSR count). The van der Waals surface area contributed by atoms with E-state index < -0.39 is 16.7 Å². The van der Waals surface area contributed by atoms with E-state index in [2.05, 4.69) is 43.2 Å². The highest BCUT2D eigenvalue weighted by Gasteiger charge is 2.40. The van der Waals surface area contributed by atoms with E-state index in [0.717, 1.165) is 40.0 Å². The average Bonchev–Trinajstić information content (AvgIpc) is 3.07. The predicted octanol–water partition coefficient (Wildman–Crippen LogP) is 5.59. The fourth-order valence-electron chi connectivity index (χ4n) is 5.32. The van der Waals surface area contributed by atoms with E-state index in [-0.39, 0.29) is 29.6 Å². The van der Waals surface area contributed by atoms with Crippen LogP contribution in [0.25, 0.3) is 6.08 Å². The van der Waals surface area contributed by atoms with Gasteiger partial charge in [0.1, 0.15) is 5.56 Å². The maximum atomic E-state index is 13.4. The number of ether oxygens (including phenoxy) is 1. The number of anilines is 1. The van der Waals surface area contributed by atoms with Gasteiger partial charge in [-0.3, -0.25) is 13.9 Å². The Kier molecular flexibility index (Phi) is 9.51.